The number of hydrogen-bond donors (Lipinski definition) is 1. The molecule has 1 aromatic heterocycles. The standard InChI is InChI=1S/C16H26N4/c1-16(4-6-18-13-16)14-20-9-7-19(8-10-20)12-15-3-2-5-17-11-15/h2-3,5,11,18H,4,6-10,12-14H2,1H3. The lowest BCUT2D eigenvalue weighted by Gasteiger charge is -2.38. The third-order valence-corrected chi connectivity index (χ3v) is 4.66. The molecule has 1 aromatic rings. The van der Waals surface area contributed by atoms with Crippen molar-refractivity contribution in [1.82, 2.24) is 20.1 Å². The lowest BCUT2D eigenvalue weighted by molar-refractivity contribution is 0.0932. The van der Waals surface area contributed by atoms with Gasteiger partial charge >= 0.3 is 0 Å². The van der Waals surface area contributed by atoms with Crippen molar-refractivity contribution in [2.24, 2.45) is 5.41 Å². The average molecular weight is 274 g/mol. The largest absolute Gasteiger partial charge is 0.316 e. The van der Waals surface area contributed by atoms with E-state index in [1.807, 2.05) is 18.5 Å². The normalized spacial score (nSPS) is 28.9. The van der Waals surface area contributed by atoms with Crippen LogP contribution in [0.2, 0.25) is 0 Å². The van der Waals surface area contributed by atoms with Crippen LogP contribution in [-0.4, -0.2) is 60.6 Å². The first-order valence-electron chi connectivity index (χ1n) is 7.78. The van der Waals surface area contributed by atoms with Crippen LogP contribution in [0.5, 0.6) is 0 Å². The van der Waals surface area contributed by atoms with Crippen molar-refractivity contribution < 1.29 is 0 Å². The summed E-state index contributed by atoms with van der Waals surface area (Å²) >= 11 is 0. The van der Waals surface area contributed by atoms with Crippen LogP contribution >= 0.6 is 0 Å². The Morgan fingerprint density at radius 2 is 2.05 bits per heavy atom. The molecule has 2 fully saturated rings. The Labute approximate surface area is 122 Å². The average Bonchev–Trinajstić information content (AvgIpc) is 2.89. The molecule has 4 nitrogen and oxygen atoms in total. The van der Waals surface area contributed by atoms with Gasteiger partial charge in [-0.2, -0.15) is 0 Å². The maximum atomic E-state index is 4.20. The number of hydrogen-bond acceptors (Lipinski definition) is 4. The van der Waals surface area contributed by atoms with E-state index in [1.165, 1.54) is 57.8 Å². The minimum atomic E-state index is 0.492. The van der Waals surface area contributed by atoms with Gasteiger partial charge in [0.2, 0.25) is 0 Å². The van der Waals surface area contributed by atoms with E-state index in [4.69, 9.17) is 0 Å². The van der Waals surface area contributed by atoms with E-state index in [0.717, 1.165) is 6.54 Å². The van der Waals surface area contributed by atoms with Crippen LogP contribution in [0.25, 0.3) is 0 Å². The molecule has 0 saturated carbocycles. The molecule has 3 heterocycles. The van der Waals surface area contributed by atoms with Crippen molar-refractivity contribution in [1.29, 1.82) is 0 Å². The molecule has 4 heteroatoms. The van der Waals surface area contributed by atoms with Crippen LogP contribution in [-0.2, 0) is 6.54 Å². The highest BCUT2D eigenvalue weighted by atomic mass is 15.3. The molecule has 110 valence electrons. The highest BCUT2D eigenvalue weighted by Crippen LogP contribution is 2.26. The molecule has 20 heavy (non-hydrogen) atoms. The molecule has 1 N–H and O–H groups in total. The van der Waals surface area contributed by atoms with Crippen molar-refractivity contribution in [2.75, 3.05) is 45.8 Å². The zero-order valence-corrected chi connectivity index (χ0v) is 12.5. The van der Waals surface area contributed by atoms with Crippen LogP contribution in [0.15, 0.2) is 24.5 Å². The molecule has 0 aromatic carbocycles. The Morgan fingerprint density at radius 3 is 2.70 bits per heavy atom. The van der Waals surface area contributed by atoms with E-state index in [-0.39, 0.29) is 0 Å². The highest BCUT2D eigenvalue weighted by molar-refractivity contribution is 5.08. The van der Waals surface area contributed by atoms with E-state index >= 15 is 0 Å². The number of piperazine rings is 1. The van der Waals surface area contributed by atoms with Gasteiger partial charge in [-0.05, 0) is 30.0 Å². The van der Waals surface area contributed by atoms with Crippen LogP contribution in [0, 0.1) is 5.41 Å². The first kappa shape index (κ1) is 14.0. The van der Waals surface area contributed by atoms with Gasteiger partial charge in [0.05, 0.1) is 0 Å². The Kier molecular flexibility index (Phi) is 4.34. The molecule has 2 aliphatic heterocycles. The third-order valence-electron chi connectivity index (χ3n) is 4.66. The van der Waals surface area contributed by atoms with Crippen LogP contribution in [0.1, 0.15) is 18.9 Å². The fraction of sp³-hybridized carbons (Fsp3) is 0.688. The van der Waals surface area contributed by atoms with Gasteiger partial charge in [-0.1, -0.05) is 13.0 Å². The minimum Gasteiger partial charge on any atom is -0.316 e. The van der Waals surface area contributed by atoms with Crippen molar-refractivity contribution >= 4 is 0 Å². The first-order chi connectivity index (χ1) is 9.73. The zero-order valence-electron chi connectivity index (χ0n) is 12.5. The predicted octanol–water partition coefficient (Wildman–Crippen LogP) is 1.20. The zero-order chi connectivity index (χ0) is 13.8. The Hall–Kier alpha value is -0.970. The van der Waals surface area contributed by atoms with Crippen molar-refractivity contribution in [3.63, 3.8) is 0 Å². The summed E-state index contributed by atoms with van der Waals surface area (Å²) in [6.07, 6.45) is 5.15. The molecule has 0 bridgehead atoms. The molecule has 1 unspecified atom stereocenters. The van der Waals surface area contributed by atoms with Crippen molar-refractivity contribution in [3.05, 3.63) is 30.1 Å². The first-order valence-corrected chi connectivity index (χ1v) is 7.78. The molecule has 2 aliphatic rings. The summed E-state index contributed by atoms with van der Waals surface area (Å²) in [5.74, 6) is 0. The second kappa shape index (κ2) is 6.20. The molecular weight excluding hydrogens is 248 g/mol. The fourth-order valence-electron chi connectivity index (χ4n) is 3.40. The fourth-order valence-corrected chi connectivity index (χ4v) is 3.40. The number of rotatable bonds is 4. The lowest BCUT2D eigenvalue weighted by Crippen LogP contribution is -2.49. The van der Waals surface area contributed by atoms with Gasteiger partial charge in [0.1, 0.15) is 0 Å². The van der Waals surface area contributed by atoms with Gasteiger partial charge in [-0.15, -0.1) is 0 Å². The van der Waals surface area contributed by atoms with Gasteiger partial charge < -0.3 is 10.2 Å². The molecule has 3 rings (SSSR count). The second-order valence-electron chi connectivity index (χ2n) is 6.65. The summed E-state index contributed by atoms with van der Waals surface area (Å²) in [6, 6.07) is 4.20. The SMILES string of the molecule is CC1(CN2CCN(Cc3cccnc3)CC2)CCNC1. The van der Waals surface area contributed by atoms with Gasteiger partial charge in [0.25, 0.3) is 0 Å². The molecule has 0 aliphatic carbocycles. The number of nitrogens with zero attached hydrogens (tertiary/aromatic N) is 3. The van der Waals surface area contributed by atoms with E-state index in [1.54, 1.807) is 0 Å². The van der Waals surface area contributed by atoms with Gasteiger partial charge in [-0.25, -0.2) is 0 Å². The number of pyridine rings is 1. The van der Waals surface area contributed by atoms with E-state index in [2.05, 4.69) is 33.1 Å². The molecule has 1 atom stereocenters. The molecule has 0 radical (unpaired) electrons. The summed E-state index contributed by atoms with van der Waals surface area (Å²) in [5, 5.41) is 3.50. The van der Waals surface area contributed by atoms with Crippen LogP contribution in [0.3, 0.4) is 0 Å². The molecule has 0 amide bonds. The van der Waals surface area contributed by atoms with Gasteiger partial charge in [0.15, 0.2) is 0 Å². The second-order valence-corrected chi connectivity index (χ2v) is 6.65. The third kappa shape index (κ3) is 3.57. The molecule has 2 saturated heterocycles. The maximum Gasteiger partial charge on any atom is 0.0312 e. The Morgan fingerprint density at radius 1 is 1.25 bits per heavy atom. The lowest BCUT2D eigenvalue weighted by atomic mass is 9.89. The van der Waals surface area contributed by atoms with Gasteiger partial charge in [0, 0.05) is 58.2 Å². The summed E-state index contributed by atoms with van der Waals surface area (Å²) in [7, 11) is 0. The Bertz CT molecular complexity index is 406. The smallest absolute Gasteiger partial charge is 0.0312 e. The van der Waals surface area contributed by atoms with Crippen LogP contribution in [0.4, 0.5) is 0 Å². The van der Waals surface area contributed by atoms with E-state index in [9.17, 15) is 0 Å². The summed E-state index contributed by atoms with van der Waals surface area (Å²) in [6.45, 7) is 11.9. The van der Waals surface area contributed by atoms with Crippen molar-refractivity contribution in [3.8, 4) is 0 Å². The summed E-state index contributed by atoms with van der Waals surface area (Å²) < 4.78 is 0. The van der Waals surface area contributed by atoms with Crippen LogP contribution < -0.4 is 5.32 Å². The monoisotopic (exact) mass is 274 g/mol. The predicted molar refractivity (Wildman–Crippen MR) is 81.5 cm³/mol. The number of nitrogens with one attached hydrogen (secondary N) is 1. The molecular formula is C16H26N4. The number of aromatic nitrogens is 1. The van der Waals surface area contributed by atoms with Crippen molar-refractivity contribution in [2.45, 2.75) is 19.9 Å². The van der Waals surface area contributed by atoms with E-state index < -0.39 is 0 Å². The van der Waals surface area contributed by atoms with Gasteiger partial charge in [-0.3, -0.25) is 9.88 Å². The molecule has 0 spiro atoms. The summed E-state index contributed by atoms with van der Waals surface area (Å²) in [5.41, 5.74) is 1.82. The van der Waals surface area contributed by atoms with E-state index in [0.29, 0.717) is 5.41 Å². The summed E-state index contributed by atoms with van der Waals surface area (Å²) in [4.78, 5) is 9.39. The topological polar surface area (TPSA) is 31.4 Å². The maximum absolute atomic E-state index is 4.20. The quantitative estimate of drug-likeness (QED) is 0.894. The minimum absolute atomic E-state index is 0.492. The Balaban J connectivity index is 1.45. The highest BCUT2D eigenvalue weighted by Gasteiger charge is 2.31.